The van der Waals surface area contributed by atoms with Gasteiger partial charge in [0.1, 0.15) is 0 Å². The number of hydrogen-bond donors (Lipinski definition) is 1. The van der Waals surface area contributed by atoms with E-state index in [1.807, 2.05) is 0 Å². The van der Waals surface area contributed by atoms with E-state index >= 15 is 0 Å². The van der Waals surface area contributed by atoms with Crippen LogP contribution in [0.1, 0.15) is 44.6 Å². The maximum Gasteiger partial charge on any atom is 0.0513 e. The molecule has 19 heavy (non-hydrogen) atoms. The summed E-state index contributed by atoms with van der Waals surface area (Å²) in [5.41, 5.74) is 2.76. The van der Waals surface area contributed by atoms with Crippen LogP contribution in [-0.2, 0) is 6.54 Å². The molecule has 3 heteroatoms. The molecular weight excluding hydrogens is 300 g/mol. The van der Waals surface area contributed by atoms with E-state index in [0.29, 0.717) is 0 Å². The minimum absolute atomic E-state index is 0.728. The molecule has 1 saturated carbocycles. The van der Waals surface area contributed by atoms with Gasteiger partial charge in [-0.25, -0.2) is 0 Å². The first-order valence-electron chi connectivity index (χ1n) is 7.56. The average molecular weight is 323 g/mol. The van der Waals surface area contributed by atoms with Crippen molar-refractivity contribution in [2.75, 3.05) is 11.4 Å². The van der Waals surface area contributed by atoms with Gasteiger partial charge in [-0.05, 0) is 65.7 Å². The van der Waals surface area contributed by atoms with Crippen LogP contribution < -0.4 is 10.2 Å². The number of hydrogen-bond acceptors (Lipinski definition) is 2. The fourth-order valence-electron chi connectivity index (χ4n) is 3.02. The highest BCUT2D eigenvalue weighted by Gasteiger charge is 2.24. The van der Waals surface area contributed by atoms with E-state index in [1.54, 1.807) is 0 Å². The first kappa shape index (κ1) is 13.4. The van der Waals surface area contributed by atoms with Gasteiger partial charge in [-0.2, -0.15) is 0 Å². The van der Waals surface area contributed by atoms with Gasteiger partial charge in [0.25, 0.3) is 0 Å². The number of benzene rings is 1. The van der Waals surface area contributed by atoms with Crippen LogP contribution in [0.15, 0.2) is 22.7 Å². The Bertz CT molecular complexity index is 442. The molecule has 2 nitrogen and oxygen atoms in total. The summed E-state index contributed by atoms with van der Waals surface area (Å²) >= 11 is 3.77. The van der Waals surface area contributed by atoms with Crippen LogP contribution in [0.2, 0.25) is 0 Å². The molecule has 0 amide bonds. The van der Waals surface area contributed by atoms with E-state index in [0.717, 1.165) is 18.6 Å². The standard InChI is InChI=1S/C16H23BrN2/c1-2-14-4-3-9-19(14)16-8-5-12(10-15(16)17)11-18-13-6-7-13/h5,8,10,13-14,18H,2-4,6-7,9,11H2,1H3. The van der Waals surface area contributed by atoms with Crippen LogP contribution in [0.4, 0.5) is 5.69 Å². The first-order chi connectivity index (χ1) is 9.28. The van der Waals surface area contributed by atoms with E-state index in [1.165, 1.54) is 54.4 Å². The van der Waals surface area contributed by atoms with Gasteiger partial charge in [-0.3, -0.25) is 0 Å². The molecule has 3 rings (SSSR count). The van der Waals surface area contributed by atoms with Crippen LogP contribution in [0.3, 0.4) is 0 Å². The summed E-state index contributed by atoms with van der Waals surface area (Å²) in [4.78, 5) is 2.57. The molecule has 1 aliphatic carbocycles. The normalized spacial score (nSPS) is 23.1. The number of rotatable bonds is 5. The van der Waals surface area contributed by atoms with Crippen molar-refractivity contribution < 1.29 is 0 Å². The largest absolute Gasteiger partial charge is 0.368 e. The highest BCUT2D eigenvalue weighted by molar-refractivity contribution is 9.10. The molecular formula is C16H23BrN2. The Morgan fingerprint density at radius 1 is 1.32 bits per heavy atom. The molecule has 2 aliphatic rings. The molecule has 1 N–H and O–H groups in total. The zero-order chi connectivity index (χ0) is 13.2. The zero-order valence-corrected chi connectivity index (χ0v) is 13.2. The Morgan fingerprint density at radius 3 is 2.84 bits per heavy atom. The van der Waals surface area contributed by atoms with Gasteiger partial charge in [0.05, 0.1) is 5.69 Å². The van der Waals surface area contributed by atoms with Crippen LogP contribution in [-0.4, -0.2) is 18.6 Å². The highest BCUT2D eigenvalue weighted by Crippen LogP contribution is 2.34. The molecule has 1 aliphatic heterocycles. The first-order valence-corrected chi connectivity index (χ1v) is 8.35. The molecule has 0 spiro atoms. The smallest absolute Gasteiger partial charge is 0.0513 e. The van der Waals surface area contributed by atoms with Crippen molar-refractivity contribution in [1.82, 2.24) is 5.32 Å². The Hall–Kier alpha value is -0.540. The SMILES string of the molecule is CCC1CCCN1c1ccc(CNC2CC2)cc1Br. The summed E-state index contributed by atoms with van der Waals surface area (Å²) in [5, 5.41) is 3.57. The van der Waals surface area contributed by atoms with E-state index in [2.05, 4.69) is 51.3 Å². The fraction of sp³-hybridized carbons (Fsp3) is 0.625. The van der Waals surface area contributed by atoms with Gasteiger partial charge in [0, 0.05) is 29.6 Å². The molecule has 1 unspecified atom stereocenters. The maximum atomic E-state index is 3.77. The lowest BCUT2D eigenvalue weighted by Gasteiger charge is -2.27. The third kappa shape index (κ3) is 3.14. The third-order valence-electron chi connectivity index (χ3n) is 4.34. The van der Waals surface area contributed by atoms with Gasteiger partial charge in [0.15, 0.2) is 0 Å². The van der Waals surface area contributed by atoms with E-state index in [4.69, 9.17) is 0 Å². The third-order valence-corrected chi connectivity index (χ3v) is 4.98. The number of nitrogens with one attached hydrogen (secondary N) is 1. The number of nitrogens with zero attached hydrogens (tertiary/aromatic N) is 1. The molecule has 0 bridgehead atoms. The van der Waals surface area contributed by atoms with Gasteiger partial charge in [-0.1, -0.05) is 13.0 Å². The predicted octanol–water partition coefficient (Wildman–Crippen LogP) is 4.08. The Morgan fingerprint density at radius 2 is 2.16 bits per heavy atom. The summed E-state index contributed by atoms with van der Waals surface area (Å²) in [6.45, 7) is 4.50. The Labute approximate surface area is 124 Å². The molecule has 1 aromatic carbocycles. The minimum atomic E-state index is 0.728. The monoisotopic (exact) mass is 322 g/mol. The molecule has 1 atom stereocenters. The van der Waals surface area contributed by atoms with E-state index < -0.39 is 0 Å². The molecule has 1 heterocycles. The Kier molecular flexibility index (Phi) is 4.13. The minimum Gasteiger partial charge on any atom is -0.368 e. The summed E-state index contributed by atoms with van der Waals surface area (Å²) in [5.74, 6) is 0. The summed E-state index contributed by atoms with van der Waals surface area (Å²) < 4.78 is 1.25. The van der Waals surface area contributed by atoms with Crippen molar-refractivity contribution in [3.63, 3.8) is 0 Å². The molecule has 0 radical (unpaired) electrons. The summed E-state index contributed by atoms with van der Waals surface area (Å²) in [6.07, 6.45) is 6.62. The zero-order valence-electron chi connectivity index (χ0n) is 11.7. The van der Waals surface area contributed by atoms with Crippen molar-refractivity contribution in [3.8, 4) is 0 Å². The lowest BCUT2D eigenvalue weighted by Crippen LogP contribution is -2.28. The van der Waals surface area contributed by atoms with E-state index in [9.17, 15) is 0 Å². The second-order valence-electron chi connectivity index (χ2n) is 5.84. The Balaban J connectivity index is 1.71. The van der Waals surface area contributed by atoms with Crippen LogP contribution in [0.25, 0.3) is 0 Å². The fourth-order valence-corrected chi connectivity index (χ4v) is 3.67. The van der Waals surface area contributed by atoms with Crippen LogP contribution in [0, 0.1) is 0 Å². The van der Waals surface area contributed by atoms with E-state index in [-0.39, 0.29) is 0 Å². The van der Waals surface area contributed by atoms with Crippen molar-refractivity contribution >= 4 is 21.6 Å². The van der Waals surface area contributed by atoms with Crippen LogP contribution >= 0.6 is 15.9 Å². The van der Waals surface area contributed by atoms with Gasteiger partial charge >= 0.3 is 0 Å². The second-order valence-corrected chi connectivity index (χ2v) is 6.69. The molecule has 1 saturated heterocycles. The number of halogens is 1. The molecule has 1 aromatic rings. The molecule has 0 aromatic heterocycles. The second kappa shape index (κ2) is 5.84. The number of anilines is 1. The van der Waals surface area contributed by atoms with Crippen molar-refractivity contribution in [1.29, 1.82) is 0 Å². The lowest BCUT2D eigenvalue weighted by molar-refractivity contribution is 0.644. The topological polar surface area (TPSA) is 15.3 Å². The van der Waals surface area contributed by atoms with Crippen molar-refractivity contribution in [2.24, 2.45) is 0 Å². The van der Waals surface area contributed by atoms with Crippen LogP contribution in [0.5, 0.6) is 0 Å². The average Bonchev–Trinajstić information content (AvgIpc) is 3.13. The summed E-state index contributed by atoms with van der Waals surface area (Å²) in [7, 11) is 0. The maximum absolute atomic E-state index is 3.77. The molecule has 104 valence electrons. The summed E-state index contributed by atoms with van der Waals surface area (Å²) in [6, 6.07) is 8.37. The van der Waals surface area contributed by atoms with Crippen molar-refractivity contribution in [3.05, 3.63) is 28.2 Å². The van der Waals surface area contributed by atoms with Gasteiger partial charge in [0.2, 0.25) is 0 Å². The highest BCUT2D eigenvalue weighted by atomic mass is 79.9. The molecule has 2 fully saturated rings. The van der Waals surface area contributed by atoms with Gasteiger partial charge < -0.3 is 10.2 Å². The van der Waals surface area contributed by atoms with Crippen molar-refractivity contribution in [2.45, 2.75) is 57.7 Å². The lowest BCUT2D eigenvalue weighted by atomic mass is 10.1. The predicted molar refractivity (Wildman–Crippen MR) is 84.7 cm³/mol. The van der Waals surface area contributed by atoms with Gasteiger partial charge in [-0.15, -0.1) is 0 Å². The quantitative estimate of drug-likeness (QED) is 0.878.